The summed E-state index contributed by atoms with van der Waals surface area (Å²) in [6.07, 6.45) is 5.99. The van der Waals surface area contributed by atoms with E-state index in [0.29, 0.717) is 18.2 Å². The van der Waals surface area contributed by atoms with Crippen LogP contribution in [0, 0.1) is 5.92 Å². The molecule has 0 heterocycles. The Hall–Kier alpha value is -1.07. The number of nitrogens with two attached hydrogens (primary N) is 1. The Labute approximate surface area is 115 Å². The van der Waals surface area contributed by atoms with Crippen LogP contribution in [0.5, 0.6) is 0 Å². The molecule has 1 fully saturated rings. The van der Waals surface area contributed by atoms with Crippen molar-refractivity contribution in [3.05, 3.63) is 24.3 Å². The summed E-state index contributed by atoms with van der Waals surface area (Å²) >= 11 is 0. The summed E-state index contributed by atoms with van der Waals surface area (Å²) in [4.78, 5) is 0.283. The molecule has 19 heavy (non-hydrogen) atoms. The molecule has 2 N–H and O–H groups in total. The molecule has 4 nitrogen and oxygen atoms in total. The smallest absolute Gasteiger partial charge is 0.242 e. The van der Waals surface area contributed by atoms with E-state index in [1.165, 1.54) is 29.6 Å². The minimum atomic E-state index is -3.41. The highest BCUT2D eigenvalue weighted by atomic mass is 32.2. The van der Waals surface area contributed by atoms with Gasteiger partial charge < -0.3 is 5.73 Å². The fraction of sp³-hybridized carbons (Fsp3) is 0.571. The van der Waals surface area contributed by atoms with Gasteiger partial charge in [0.1, 0.15) is 0 Å². The normalized spacial score (nSPS) is 17.8. The highest BCUT2D eigenvalue weighted by molar-refractivity contribution is 7.89. The van der Waals surface area contributed by atoms with Crippen LogP contribution in [0.2, 0.25) is 0 Å². The summed E-state index contributed by atoms with van der Waals surface area (Å²) in [7, 11) is -1.75. The highest BCUT2D eigenvalue weighted by Gasteiger charge is 2.24. The van der Waals surface area contributed by atoms with Crippen LogP contribution in [0.1, 0.15) is 32.1 Å². The maximum Gasteiger partial charge on any atom is 0.242 e. The van der Waals surface area contributed by atoms with E-state index in [0.717, 1.165) is 12.8 Å². The van der Waals surface area contributed by atoms with E-state index < -0.39 is 10.0 Å². The van der Waals surface area contributed by atoms with Crippen molar-refractivity contribution < 1.29 is 8.42 Å². The molecule has 1 aromatic rings. The monoisotopic (exact) mass is 282 g/mol. The number of hydrogen-bond acceptors (Lipinski definition) is 3. The lowest BCUT2D eigenvalue weighted by molar-refractivity contribution is 0.300. The van der Waals surface area contributed by atoms with Crippen LogP contribution in [-0.2, 0) is 10.0 Å². The number of nitrogens with zero attached hydrogens (tertiary/aromatic N) is 1. The predicted molar refractivity (Wildman–Crippen MR) is 77.2 cm³/mol. The van der Waals surface area contributed by atoms with Gasteiger partial charge in [-0.05, 0) is 37.0 Å². The summed E-state index contributed by atoms with van der Waals surface area (Å²) in [6.45, 7) is 0.608. The third-order valence-electron chi connectivity index (χ3n) is 3.81. The third kappa shape index (κ3) is 3.48. The number of hydrogen-bond donors (Lipinski definition) is 1. The molecule has 1 aliphatic carbocycles. The van der Waals surface area contributed by atoms with E-state index in [2.05, 4.69) is 0 Å². The second-order valence-corrected chi connectivity index (χ2v) is 7.41. The van der Waals surface area contributed by atoms with Gasteiger partial charge in [-0.15, -0.1) is 0 Å². The van der Waals surface area contributed by atoms with Crippen LogP contribution >= 0.6 is 0 Å². The average Bonchev–Trinajstić information content (AvgIpc) is 2.40. The largest absolute Gasteiger partial charge is 0.399 e. The zero-order chi connectivity index (χ0) is 13.9. The first kappa shape index (κ1) is 14.3. The second-order valence-electron chi connectivity index (χ2n) is 5.36. The molecule has 0 bridgehead atoms. The molecule has 1 saturated carbocycles. The molecule has 0 atom stereocenters. The molecule has 5 heteroatoms. The van der Waals surface area contributed by atoms with Crippen molar-refractivity contribution in [3.63, 3.8) is 0 Å². The lowest BCUT2D eigenvalue weighted by Gasteiger charge is -2.26. The fourth-order valence-electron chi connectivity index (χ4n) is 2.69. The molecule has 0 unspecified atom stereocenters. The van der Waals surface area contributed by atoms with Gasteiger partial charge >= 0.3 is 0 Å². The number of sulfonamides is 1. The van der Waals surface area contributed by atoms with Crippen molar-refractivity contribution in [2.75, 3.05) is 19.3 Å². The molecule has 0 amide bonds. The Bertz CT molecular complexity index is 522. The van der Waals surface area contributed by atoms with Crippen molar-refractivity contribution in [1.82, 2.24) is 4.31 Å². The van der Waals surface area contributed by atoms with Crippen LogP contribution < -0.4 is 5.73 Å². The van der Waals surface area contributed by atoms with Crippen molar-refractivity contribution in [2.24, 2.45) is 5.92 Å². The van der Waals surface area contributed by atoms with E-state index in [4.69, 9.17) is 5.73 Å². The molecule has 0 radical (unpaired) electrons. The summed E-state index contributed by atoms with van der Waals surface area (Å²) in [5.41, 5.74) is 6.14. The topological polar surface area (TPSA) is 63.4 Å². The van der Waals surface area contributed by atoms with E-state index in [1.807, 2.05) is 0 Å². The van der Waals surface area contributed by atoms with Gasteiger partial charge in [-0.2, -0.15) is 0 Å². The Morgan fingerprint density at radius 3 is 2.58 bits per heavy atom. The molecule has 2 rings (SSSR count). The SMILES string of the molecule is CN(CC1CCCCC1)S(=O)(=O)c1cccc(N)c1. The molecule has 0 aromatic heterocycles. The summed E-state index contributed by atoms with van der Waals surface area (Å²) < 4.78 is 26.3. The van der Waals surface area contributed by atoms with Crippen molar-refractivity contribution in [1.29, 1.82) is 0 Å². The van der Waals surface area contributed by atoms with E-state index in [-0.39, 0.29) is 4.90 Å². The van der Waals surface area contributed by atoms with Gasteiger partial charge in [0, 0.05) is 19.3 Å². The fourth-order valence-corrected chi connectivity index (χ4v) is 3.99. The van der Waals surface area contributed by atoms with Crippen LogP contribution in [0.25, 0.3) is 0 Å². The quantitative estimate of drug-likeness (QED) is 0.863. The summed E-state index contributed by atoms with van der Waals surface area (Å²) in [5, 5.41) is 0. The van der Waals surface area contributed by atoms with Crippen molar-refractivity contribution >= 4 is 15.7 Å². The van der Waals surface area contributed by atoms with Gasteiger partial charge in [0.05, 0.1) is 4.90 Å². The standard InChI is InChI=1S/C14H22N2O2S/c1-16(11-12-6-3-2-4-7-12)19(17,18)14-9-5-8-13(15)10-14/h5,8-10,12H,2-4,6-7,11,15H2,1H3. The molecular weight excluding hydrogens is 260 g/mol. The van der Waals surface area contributed by atoms with Gasteiger partial charge in [-0.3, -0.25) is 0 Å². The van der Waals surface area contributed by atoms with Crippen LogP contribution in [0.15, 0.2) is 29.2 Å². The van der Waals surface area contributed by atoms with Crippen LogP contribution in [0.3, 0.4) is 0 Å². The van der Waals surface area contributed by atoms with E-state index >= 15 is 0 Å². The summed E-state index contributed by atoms with van der Waals surface area (Å²) in [5.74, 6) is 0.495. The molecular formula is C14H22N2O2S. The Morgan fingerprint density at radius 2 is 1.95 bits per heavy atom. The molecule has 0 spiro atoms. The maximum atomic E-state index is 12.4. The molecule has 1 aliphatic rings. The molecule has 0 saturated heterocycles. The van der Waals surface area contributed by atoms with E-state index in [1.54, 1.807) is 25.2 Å². The lowest BCUT2D eigenvalue weighted by Crippen LogP contribution is -2.32. The van der Waals surface area contributed by atoms with Gasteiger partial charge in [-0.25, -0.2) is 12.7 Å². The Kier molecular flexibility index (Phi) is 4.47. The number of anilines is 1. The minimum Gasteiger partial charge on any atom is -0.399 e. The highest BCUT2D eigenvalue weighted by Crippen LogP contribution is 2.26. The average molecular weight is 282 g/mol. The zero-order valence-corrected chi connectivity index (χ0v) is 12.2. The second kappa shape index (κ2) is 5.92. The van der Waals surface area contributed by atoms with Gasteiger partial charge in [-0.1, -0.05) is 25.3 Å². The van der Waals surface area contributed by atoms with Gasteiger partial charge in [0.15, 0.2) is 0 Å². The third-order valence-corrected chi connectivity index (χ3v) is 5.63. The predicted octanol–water partition coefficient (Wildman–Crippen LogP) is 2.47. The van der Waals surface area contributed by atoms with Crippen LogP contribution in [0.4, 0.5) is 5.69 Å². The molecule has 0 aliphatic heterocycles. The number of benzene rings is 1. The Balaban J connectivity index is 2.10. The van der Waals surface area contributed by atoms with Crippen molar-refractivity contribution in [3.8, 4) is 0 Å². The van der Waals surface area contributed by atoms with E-state index in [9.17, 15) is 8.42 Å². The zero-order valence-electron chi connectivity index (χ0n) is 11.4. The van der Waals surface area contributed by atoms with Crippen molar-refractivity contribution in [2.45, 2.75) is 37.0 Å². The first-order chi connectivity index (χ1) is 9.00. The number of nitrogen functional groups attached to an aromatic ring is 1. The summed E-state index contributed by atoms with van der Waals surface area (Å²) in [6, 6.07) is 6.49. The first-order valence-electron chi connectivity index (χ1n) is 6.82. The first-order valence-corrected chi connectivity index (χ1v) is 8.26. The van der Waals surface area contributed by atoms with Crippen LogP contribution in [-0.4, -0.2) is 26.3 Å². The lowest BCUT2D eigenvalue weighted by atomic mass is 9.89. The Morgan fingerprint density at radius 1 is 1.26 bits per heavy atom. The van der Waals surface area contributed by atoms with Gasteiger partial charge in [0.25, 0.3) is 0 Å². The minimum absolute atomic E-state index is 0.283. The molecule has 106 valence electrons. The molecule has 1 aromatic carbocycles. The van der Waals surface area contributed by atoms with Gasteiger partial charge in [0.2, 0.25) is 10.0 Å². The maximum absolute atomic E-state index is 12.4. The number of rotatable bonds is 4.